The van der Waals surface area contributed by atoms with E-state index in [0.29, 0.717) is 6.42 Å². The molecule has 1 fully saturated rings. The molecule has 1 aliphatic heterocycles. The smallest absolute Gasteiger partial charge is 0.107 e. The van der Waals surface area contributed by atoms with Crippen LogP contribution in [0.1, 0.15) is 18.4 Å². The Bertz CT molecular complexity index is 330. The zero-order valence-corrected chi connectivity index (χ0v) is 10.1. The minimum atomic E-state index is -0.475. The number of alkyl halides is 1. The van der Waals surface area contributed by atoms with E-state index in [1.165, 1.54) is 5.56 Å². The predicted octanol–water partition coefficient (Wildman–Crippen LogP) is 2.02. The van der Waals surface area contributed by atoms with Gasteiger partial charge in [-0.15, -0.1) is 0 Å². The van der Waals surface area contributed by atoms with Crippen molar-refractivity contribution in [2.24, 2.45) is 0 Å². The van der Waals surface area contributed by atoms with E-state index in [-0.39, 0.29) is 6.04 Å². The Morgan fingerprint density at radius 1 is 1.29 bits per heavy atom. The number of aliphatic hydroxyl groups is 1. The van der Waals surface area contributed by atoms with Crippen LogP contribution in [0.2, 0.25) is 0 Å². The van der Waals surface area contributed by atoms with E-state index in [1.807, 2.05) is 18.2 Å². The molecule has 2 rings (SSSR count). The maximum atomic E-state index is 12.7. The summed E-state index contributed by atoms with van der Waals surface area (Å²) in [6.07, 6.45) is 2.27. The maximum Gasteiger partial charge on any atom is 0.107 e. The largest absolute Gasteiger partial charge is 0.391 e. The molecule has 0 radical (unpaired) electrons. The molecular weight excluding hydrogens is 217 g/mol. The molecule has 1 aromatic carbocycles. The monoisotopic (exact) mass is 237 g/mol. The van der Waals surface area contributed by atoms with Gasteiger partial charge in [-0.25, -0.2) is 4.39 Å². The van der Waals surface area contributed by atoms with Crippen molar-refractivity contribution in [1.29, 1.82) is 0 Å². The van der Waals surface area contributed by atoms with E-state index in [0.717, 1.165) is 25.9 Å². The van der Waals surface area contributed by atoms with Gasteiger partial charge in [0.1, 0.15) is 6.67 Å². The van der Waals surface area contributed by atoms with Gasteiger partial charge in [0.2, 0.25) is 0 Å². The van der Waals surface area contributed by atoms with Crippen molar-refractivity contribution >= 4 is 0 Å². The predicted molar refractivity (Wildman–Crippen MR) is 66.7 cm³/mol. The van der Waals surface area contributed by atoms with Crippen LogP contribution in [0, 0.1) is 0 Å². The topological polar surface area (TPSA) is 23.5 Å². The molecule has 1 heterocycles. The highest BCUT2D eigenvalue weighted by Gasteiger charge is 2.31. The molecule has 2 nitrogen and oxygen atoms in total. The molecule has 0 amide bonds. The van der Waals surface area contributed by atoms with Gasteiger partial charge in [0.05, 0.1) is 12.1 Å². The average molecular weight is 237 g/mol. The molecule has 0 saturated carbocycles. The van der Waals surface area contributed by atoms with Crippen molar-refractivity contribution in [2.45, 2.75) is 31.4 Å². The van der Waals surface area contributed by atoms with Gasteiger partial charge < -0.3 is 5.11 Å². The van der Waals surface area contributed by atoms with Gasteiger partial charge in [0, 0.05) is 6.54 Å². The molecule has 2 atom stereocenters. The molecule has 1 N–H and O–H groups in total. The van der Waals surface area contributed by atoms with Gasteiger partial charge in [-0.05, 0) is 31.4 Å². The van der Waals surface area contributed by atoms with Crippen LogP contribution in [0.15, 0.2) is 30.3 Å². The van der Waals surface area contributed by atoms with Gasteiger partial charge in [0.15, 0.2) is 0 Å². The Hall–Kier alpha value is -0.930. The number of aryl methyl sites for hydroxylation is 1. The number of halogens is 1. The van der Waals surface area contributed by atoms with Crippen molar-refractivity contribution in [3.63, 3.8) is 0 Å². The summed E-state index contributed by atoms with van der Waals surface area (Å²) in [7, 11) is 0. The Kier molecular flexibility index (Phi) is 4.51. The first-order valence-electron chi connectivity index (χ1n) is 6.33. The minimum Gasteiger partial charge on any atom is -0.391 e. The first-order chi connectivity index (χ1) is 8.31. The molecular formula is C14H20FNO. The number of rotatable bonds is 5. The molecule has 94 valence electrons. The number of nitrogens with zero attached hydrogens (tertiary/aromatic N) is 1. The van der Waals surface area contributed by atoms with Gasteiger partial charge >= 0.3 is 0 Å². The Balaban J connectivity index is 1.75. The van der Waals surface area contributed by atoms with Crippen LogP contribution in [-0.2, 0) is 6.42 Å². The van der Waals surface area contributed by atoms with Crippen LogP contribution < -0.4 is 0 Å². The summed E-state index contributed by atoms with van der Waals surface area (Å²) < 4.78 is 12.7. The fraction of sp³-hybridized carbons (Fsp3) is 0.571. The summed E-state index contributed by atoms with van der Waals surface area (Å²) in [5, 5.41) is 9.59. The second-order valence-electron chi connectivity index (χ2n) is 4.70. The van der Waals surface area contributed by atoms with Crippen molar-refractivity contribution in [2.75, 3.05) is 19.8 Å². The molecule has 1 aromatic rings. The lowest BCUT2D eigenvalue weighted by molar-refractivity contribution is 0.0971. The molecule has 0 aliphatic carbocycles. The zero-order valence-electron chi connectivity index (χ0n) is 10.1. The molecule has 17 heavy (non-hydrogen) atoms. The van der Waals surface area contributed by atoms with Crippen molar-refractivity contribution in [1.82, 2.24) is 4.90 Å². The highest BCUT2D eigenvalue weighted by Crippen LogP contribution is 2.19. The van der Waals surface area contributed by atoms with Gasteiger partial charge in [-0.2, -0.15) is 0 Å². The lowest BCUT2D eigenvalue weighted by atomic mass is 10.1. The fourth-order valence-corrected chi connectivity index (χ4v) is 2.51. The summed E-state index contributed by atoms with van der Waals surface area (Å²) in [5.74, 6) is 0. The number of likely N-dealkylation sites (tertiary alicyclic amines) is 1. The van der Waals surface area contributed by atoms with Crippen LogP contribution in [0.5, 0.6) is 0 Å². The van der Waals surface area contributed by atoms with E-state index in [1.54, 1.807) is 0 Å². The van der Waals surface area contributed by atoms with Crippen molar-refractivity contribution in [3.05, 3.63) is 35.9 Å². The Morgan fingerprint density at radius 2 is 2.06 bits per heavy atom. The van der Waals surface area contributed by atoms with Crippen molar-refractivity contribution in [3.8, 4) is 0 Å². The molecule has 1 aliphatic rings. The van der Waals surface area contributed by atoms with Crippen molar-refractivity contribution < 1.29 is 9.50 Å². The Labute approximate surface area is 102 Å². The van der Waals surface area contributed by atoms with E-state index in [4.69, 9.17) is 0 Å². The lowest BCUT2D eigenvalue weighted by Gasteiger charge is -2.23. The van der Waals surface area contributed by atoms with E-state index in [2.05, 4.69) is 17.0 Å². The third kappa shape index (κ3) is 3.27. The number of aliphatic hydroxyl groups excluding tert-OH is 1. The second-order valence-corrected chi connectivity index (χ2v) is 4.70. The molecule has 1 saturated heterocycles. The zero-order chi connectivity index (χ0) is 12.1. The van der Waals surface area contributed by atoms with Crippen LogP contribution in [-0.4, -0.2) is 41.9 Å². The van der Waals surface area contributed by atoms with Gasteiger partial charge in [-0.1, -0.05) is 30.3 Å². The summed E-state index contributed by atoms with van der Waals surface area (Å²) in [4.78, 5) is 2.08. The first kappa shape index (κ1) is 12.5. The second kappa shape index (κ2) is 6.12. The third-order valence-electron chi connectivity index (χ3n) is 3.54. The summed E-state index contributed by atoms with van der Waals surface area (Å²) in [5.41, 5.74) is 1.32. The van der Waals surface area contributed by atoms with Crippen LogP contribution in [0.25, 0.3) is 0 Å². The van der Waals surface area contributed by atoms with Crippen LogP contribution in [0.3, 0.4) is 0 Å². The Morgan fingerprint density at radius 3 is 2.76 bits per heavy atom. The molecule has 0 unspecified atom stereocenters. The van der Waals surface area contributed by atoms with Crippen LogP contribution in [0.4, 0.5) is 4.39 Å². The van der Waals surface area contributed by atoms with Gasteiger partial charge in [0.25, 0.3) is 0 Å². The fourth-order valence-electron chi connectivity index (χ4n) is 2.51. The highest BCUT2D eigenvalue weighted by molar-refractivity contribution is 5.14. The lowest BCUT2D eigenvalue weighted by Crippen LogP contribution is -2.37. The average Bonchev–Trinajstić information content (AvgIpc) is 2.71. The highest BCUT2D eigenvalue weighted by atomic mass is 19.1. The standard InChI is InChI=1S/C14H20FNO/c15-11-13-14(17)8-10-16(13)9-4-7-12-5-2-1-3-6-12/h1-3,5-6,13-14,17H,4,7-11H2/t13-,14+/m0/s1. The van der Waals surface area contributed by atoms with Gasteiger partial charge in [-0.3, -0.25) is 4.90 Å². The molecule has 3 heteroatoms. The van der Waals surface area contributed by atoms with E-state index < -0.39 is 12.8 Å². The molecule has 0 bridgehead atoms. The maximum absolute atomic E-state index is 12.7. The number of benzene rings is 1. The molecule has 0 aromatic heterocycles. The normalized spacial score (nSPS) is 25.3. The molecule has 0 spiro atoms. The summed E-state index contributed by atoms with van der Waals surface area (Å²) in [6, 6.07) is 10.1. The third-order valence-corrected chi connectivity index (χ3v) is 3.54. The van der Waals surface area contributed by atoms with E-state index >= 15 is 0 Å². The summed E-state index contributed by atoms with van der Waals surface area (Å²) in [6.45, 7) is 1.26. The van der Waals surface area contributed by atoms with Crippen LogP contribution >= 0.6 is 0 Å². The number of hydrogen-bond acceptors (Lipinski definition) is 2. The SMILES string of the molecule is O[C@@H]1CCN(CCCc2ccccc2)[C@H]1CF. The quantitative estimate of drug-likeness (QED) is 0.847. The van der Waals surface area contributed by atoms with E-state index in [9.17, 15) is 9.50 Å². The first-order valence-corrected chi connectivity index (χ1v) is 6.33. The summed E-state index contributed by atoms with van der Waals surface area (Å²) >= 11 is 0. The minimum absolute atomic E-state index is 0.272. The number of hydrogen-bond donors (Lipinski definition) is 1.